The van der Waals surface area contributed by atoms with Gasteiger partial charge >= 0.3 is 0 Å². The van der Waals surface area contributed by atoms with E-state index in [-0.39, 0.29) is 27.9 Å². The average Bonchev–Trinajstić information content (AvgIpc) is 2.67. The van der Waals surface area contributed by atoms with Crippen LogP contribution in [0.2, 0.25) is 0 Å². The molecule has 1 heterocycles. The van der Waals surface area contributed by atoms with Crippen LogP contribution in [0.3, 0.4) is 0 Å². The van der Waals surface area contributed by atoms with Gasteiger partial charge in [-0.05, 0) is 65.0 Å². The third kappa shape index (κ3) is 6.23. The first-order valence-electron chi connectivity index (χ1n) is 9.09. The maximum atomic E-state index is 12.3. The molecule has 29 heavy (non-hydrogen) atoms. The summed E-state index contributed by atoms with van der Waals surface area (Å²) in [5.41, 5.74) is 2.31. The van der Waals surface area contributed by atoms with Crippen molar-refractivity contribution in [1.82, 2.24) is 9.62 Å². The molecule has 0 saturated carbocycles. The molecule has 0 spiro atoms. The Balaban J connectivity index is 0.00000300. The summed E-state index contributed by atoms with van der Waals surface area (Å²) in [5.74, 6) is 0. The van der Waals surface area contributed by atoms with E-state index in [1.54, 1.807) is 36.4 Å². The van der Waals surface area contributed by atoms with Gasteiger partial charge in [0, 0.05) is 36.2 Å². The topological polar surface area (TPSA) is 92.6 Å². The van der Waals surface area contributed by atoms with Crippen LogP contribution >= 0.6 is 28.3 Å². The van der Waals surface area contributed by atoms with Gasteiger partial charge in [0.15, 0.2) is 0 Å². The van der Waals surface area contributed by atoms with Gasteiger partial charge in [-0.3, -0.25) is 15.0 Å². The SMILES string of the molecule is Cl.O=[N+]([O-])c1ccc2c(c1)CN(CCCCNS(=O)(=O)c1ccccc1Br)CC2. The van der Waals surface area contributed by atoms with Gasteiger partial charge in [-0.25, -0.2) is 13.1 Å². The molecule has 0 atom stereocenters. The van der Waals surface area contributed by atoms with Crippen molar-refractivity contribution >= 4 is 44.0 Å². The number of non-ortho nitro benzene ring substituents is 1. The number of benzene rings is 2. The predicted octanol–water partition coefficient (Wildman–Crippen LogP) is 3.90. The second-order valence-corrected chi connectivity index (χ2v) is 9.36. The van der Waals surface area contributed by atoms with Crippen LogP contribution in [0.5, 0.6) is 0 Å². The van der Waals surface area contributed by atoms with Crippen molar-refractivity contribution in [3.8, 4) is 0 Å². The van der Waals surface area contributed by atoms with Crippen LogP contribution in [0, 0.1) is 10.1 Å². The van der Waals surface area contributed by atoms with Crippen LogP contribution in [0.25, 0.3) is 0 Å². The lowest BCUT2D eigenvalue weighted by Gasteiger charge is -2.28. The van der Waals surface area contributed by atoms with Crippen LogP contribution in [-0.4, -0.2) is 37.9 Å². The number of hydrogen-bond acceptors (Lipinski definition) is 5. The molecule has 2 aromatic carbocycles. The van der Waals surface area contributed by atoms with Crippen LogP contribution in [0.15, 0.2) is 51.8 Å². The van der Waals surface area contributed by atoms with E-state index in [0.717, 1.165) is 37.9 Å². The molecular formula is C19H23BrClN3O4S. The van der Waals surface area contributed by atoms with Gasteiger partial charge < -0.3 is 0 Å². The lowest BCUT2D eigenvalue weighted by atomic mass is 9.99. The fourth-order valence-electron chi connectivity index (χ4n) is 3.31. The molecule has 7 nitrogen and oxygen atoms in total. The molecule has 0 saturated heterocycles. The quantitative estimate of drug-likeness (QED) is 0.334. The standard InChI is InChI=1S/C19H22BrN3O4S.ClH/c20-18-5-1-2-6-19(18)28(26,27)21-10-3-4-11-22-12-9-15-7-8-17(23(24)25)13-16(15)14-22;/h1-2,5-8,13,21H,3-4,9-12,14H2;1H. The van der Waals surface area contributed by atoms with E-state index in [4.69, 9.17) is 0 Å². The molecule has 0 amide bonds. The first kappa shape index (κ1) is 23.8. The molecule has 0 radical (unpaired) electrons. The van der Waals surface area contributed by atoms with Gasteiger partial charge in [0.05, 0.1) is 9.82 Å². The van der Waals surface area contributed by atoms with Crippen molar-refractivity contribution < 1.29 is 13.3 Å². The Labute approximate surface area is 185 Å². The van der Waals surface area contributed by atoms with Crippen LogP contribution in [-0.2, 0) is 23.0 Å². The minimum absolute atomic E-state index is 0. The minimum Gasteiger partial charge on any atom is -0.299 e. The molecular weight excluding hydrogens is 482 g/mol. The molecule has 0 aliphatic carbocycles. The summed E-state index contributed by atoms with van der Waals surface area (Å²) in [6.07, 6.45) is 2.45. The zero-order valence-electron chi connectivity index (χ0n) is 15.7. The molecule has 10 heteroatoms. The highest BCUT2D eigenvalue weighted by molar-refractivity contribution is 9.10. The van der Waals surface area contributed by atoms with Gasteiger partial charge in [-0.1, -0.05) is 18.2 Å². The summed E-state index contributed by atoms with van der Waals surface area (Å²) in [6, 6.07) is 11.8. The summed E-state index contributed by atoms with van der Waals surface area (Å²) < 4.78 is 27.9. The number of fused-ring (bicyclic) bond motifs is 1. The molecule has 1 aliphatic rings. The number of nitrogens with one attached hydrogen (secondary N) is 1. The molecule has 0 fully saturated rings. The first-order chi connectivity index (χ1) is 13.4. The van der Waals surface area contributed by atoms with Crippen molar-refractivity contribution in [2.45, 2.75) is 30.7 Å². The highest BCUT2D eigenvalue weighted by Gasteiger charge is 2.19. The zero-order valence-corrected chi connectivity index (χ0v) is 18.9. The van der Waals surface area contributed by atoms with Crippen molar-refractivity contribution in [3.63, 3.8) is 0 Å². The van der Waals surface area contributed by atoms with Crippen molar-refractivity contribution in [3.05, 3.63) is 68.2 Å². The summed E-state index contributed by atoms with van der Waals surface area (Å²) in [5, 5.41) is 10.9. The van der Waals surface area contributed by atoms with E-state index in [1.807, 2.05) is 6.07 Å². The molecule has 158 valence electrons. The van der Waals surface area contributed by atoms with Gasteiger partial charge in [0.1, 0.15) is 0 Å². The van der Waals surface area contributed by atoms with Crippen LogP contribution < -0.4 is 4.72 Å². The summed E-state index contributed by atoms with van der Waals surface area (Å²) in [4.78, 5) is 13.1. The van der Waals surface area contributed by atoms with E-state index < -0.39 is 10.0 Å². The predicted molar refractivity (Wildman–Crippen MR) is 118 cm³/mol. The van der Waals surface area contributed by atoms with E-state index >= 15 is 0 Å². The molecule has 2 aromatic rings. The Morgan fingerprint density at radius 3 is 2.62 bits per heavy atom. The third-order valence-corrected chi connectivity index (χ3v) is 7.28. The molecule has 0 aromatic heterocycles. The molecule has 1 aliphatic heterocycles. The number of nitro benzene ring substituents is 1. The van der Waals surface area contributed by atoms with E-state index in [0.29, 0.717) is 17.6 Å². The zero-order chi connectivity index (χ0) is 20.1. The highest BCUT2D eigenvalue weighted by Crippen LogP contribution is 2.24. The lowest BCUT2D eigenvalue weighted by Crippen LogP contribution is -2.32. The van der Waals surface area contributed by atoms with Gasteiger partial charge in [0.2, 0.25) is 10.0 Å². The number of nitro groups is 1. The number of sulfonamides is 1. The summed E-state index contributed by atoms with van der Waals surface area (Å²) in [6.45, 7) is 2.81. The summed E-state index contributed by atoms with van der Waals surface area (Å²) in [7, 11) is -3.52. The number of rotatable bonds is 8. The third-order valence-electron chi connectivity index (χ3n) is 4.81. The van der Waals surface area contributed by atoms with Crippen molar-refractivity contribution in [2.75, 3.05) is 19.6 Å². The smallest absolute Gasteiger partial charge is 0.269 e. The first-order valence-corrected chi connectivity index (χ1v) is 11.4. The fourth-order valence-corrected chi connectivity index (χ4v) is 5.39. The fraction of sp³-hybridized carbons (Fsp3) is 0.368. The summed E-state index contributed by atoms with van der Waals surface area (Å²) >= 11 is 3.27. The Kier molecular flexibility index (Phi) is 8.59. The Morgan fingerprint density at radius 2 is 1.90 bits per heavy atom. The van der Waals surface area contributed by atoms with Gasteiger partial charge in [0.25, 0.3) is 5.69 Å². The number of nitrogens with zero attached hydrogens (tertiary/aromatic N) is 2. The van der Waals surface area contributed by atoms with E-state index in [9.17, 15) is 18.5 Å². The van der Waals surface area contributed by atoms with Crippen molar-refractivity contribution in [1.29, 1.82) is 0 Å². The van der Waals surface area contributed by atoms with Crippen LogP contribution in [0.4, 0.5) is 5.69 Å². The average molecular weight is 505 g/mol. The van der Waals surface area contributed by atoms with Gasteiger partial charge in [-0.2, -0.15) is 0 Å². The largest absolute Gasteiger partial charge is 0.299 e. The number of hydrogen-bond donors (Lipinski definition) is 1. The monoisotopic (exact) mass is 503 g/mol. The normalized spacial score (nSPS) is 14.1. The van der Waals surface area contributed by atoms with Gasteiger partial charge in [-0.15, -0.1) is 12.4 Å². The number of unbranched alkanes of at least 4 members (excludes halogenated alkanes) is 1. The maximum absolute atomic E-state index is 12.3. The van der Waals surface area contributed by atoms with E-state index in [1.165, 1.54) is 5.56 Å². The second-order valence-electron chi connectivity index (χ2n) is 6.77. The highest BCUT2D eigenvalue weighted by atomic mass is 79.9. The van der Waals surface area contributed by atoms with E-state index in [2.05, 4.69) is 25.6 Å². The lowest BCUT2D eigenvalue weighted by molar-refractivity contribution is -0.385. The van der Waals surface area contributed by atoms with Crippen molar-refractivity contribution in [2.24, 2.45) is 0 Å². The maximum Gasteiger partial charge on any atom is 0.269 e. The molecule has 0 unspecified atom stereocenters. The van der Waals surface area contributed by atoms with Crippen LogP contribution in [0.1, 0.15) is 24.0 Å². The minimum atomic E-state index is -3.52. The Hall–Kier alpha value is -1.52. The molecule has 0 bridgehead atoms. The number of halogens is 2. The Morgan fingerprint density at radius 1 is 1.14 bits per heavy atom. The molecule has 3 rings (SSSR count). The second kappa shape index (κ2) is 10.5. The Bertz CT molecular complexity index is 972. The molecule has 1 N–H and O–H groups in total.